The largest absolute Gasteiger partial charge is 0.495 e. The highest BCUT2D eigenvalue weighted by Gasteiger charge is 2.16. The zero-order chi connectivity index (χ0) is 15.2. The number of hydrogen-bond acceptors (Lipinski definition) is 5. The van der Waals surface area contributed by atoms with Crippen molar-refractivity contribution in [2.75, 3.05) is 38.3 Å². The second-order valence-corrected chi connectivity index (χ2v) is 6.31. The van der Waals surface area contributed by atoms with Gasteiger partial charge in [0.2, 0.25) is 10.0 Å². The molecule has 2 N–H and O–H groups in total. The van der Waals surface area contributed by atoms with E-state index < -0.39 is 10.0 Å². The molecule has 0 unspecified atom stereocenters. The lowest BCUT2D eigenvalue weighted by Crippen LogP contribution is -2.20. The van der Waals surface area contributed by atoms with Crippen LogP contribution in [0, 0.1) is 0 Å². The maximum absolute atomic E-state index is 11.9. The third-order valence-electron chi connectivity index (χ3n) is 2.58. The van der Waals surface area contributed by atoms with Crippen LogP contribution in [0.1, 0.15) is 6.42 Å². The van der Waals surface area contributed by atoms with Gasteiger partial charge in [-0.05, 0) is 26.1 Å². The van der Waals surface area contributed by atoms with Crippen LogP contribution in [0.15, 0.2) is 12.1 Å². The van der Waals surface area contributed by atoms with Gasteiger partial charge in [0.15, 0.2) is 0 Å². The number of anilines is 1. The SMILES string of the molecule is CNCCCS(=O)(=O)Nc1cc(Cl)c(OC)cc1OC. The normalized spacial score (nSPS) is 11.2. The number of nitrogens with one attached hydrogen (secondary N) is 2. The topological polar surface area (TPSA) is 76.7 Å². The third-order valence-corrected chi connectivity index (χ3v) is 4.23. The van der Waals surface area contributed by atoms with Crippen molar-refractivity contribution in [3.05, 3.63) is 17.2 Å². The molecule has 0 saturated carbocycles. The van der Waals surface area contributed by atoms with E-state index in [1.807, 2.05) is 0 Å². The lowest BCUT2D eigenvalue weighted by Gasteiger charge is -2.14. The average molecular weight is 323 g/mol. The third kappa shape index (κ3) is 4.73. The first-order chi connectivity index (χ1) is 9.43. The average Bonchev–Trinajstić information content (AvgIpc) is 2.38. The molecule has 1 aromatic rings. The molecule has 0 radical (unpaired) electrons. The van der Waals surface area contributed by atoms with Crippen molar-refractivity contribution in [3.63, 3.8) is 0 Å². The second-order valence-electron chi connectivity index (χ2n) is 4.07. The van der Waals surface area contributed by atoms with E-state index in [1.54, 1.807) is 7.05 Å². The Hall–Kier alpha value is -1.18. The summed E-state index contributed by atoms with van der Waals surface area (Å²) in [5.74, 6) is 0.783. The van der Waals surface area contributed by atoms with Crippen molar-refractivity contribution in [2.45, 2.75) is 6.42 Å². The molecular formula is C12H19ClN2O4S. The molecule has 1 aromatic carbocycles. The fourth-order valence-electron chi connectivity index (χ4n) is 1.60. The lowest BCUT2D eigenvalue weighted by atomic mass is 10.3. The van der Waals surface area contributed by atoms with E-state index in [2.05, 4.69) is 10.0 Å². The highest BCUT2D eigenvalue weighted by atomic mass is 35.5. The number of methoxy groups -OCH3 is 2. The van der Waals surface area contributed by atoms with Gasteiger partial charge in [-0.1, -0.05) is 11.6 Å². The number of sulfonamides is 1. The van der Waals surface area contributed by atoms with Gasteiger partial charge >= 0.3 is 0 Å². The molecule has 0 saturated heterocycles. The van der Waals surface area contributed by atoms with E-state index in [0.717, 1.165) is 0 Å². The van der Waals surface area contributed by atoms with Gasteiger partial charge in [-0.15, -0.1) is 0 Å². The van der Waals surface area contributed by atoms with Gasteiger partial charge in [0.25, 0.3) is 0 Å². The molecule has 114 valence electrons. The van der Waals surface area contributed by atoms with Crippen LogP contribution in [-0.2, 0) is 10.0 Å². The van der Waals surface area contributed by atoms with Gasteiger partial charge in [-0.2, -0.15) is 0 Å². The van der Waals surface area contributed by atoms with Crippen LogP contribution < -0.4 is 19.5 Å². The minimum Gasteiger partial charge on any atom is -0.495 e. The van der Waals surface area contributed by atoms with Crippen LogP contribution in [0.25, 0.3) is 0 Å². The van der Waals surface area contributed by atoms with Crippen LogP contribution >= 0.6 is 11.6 Å². The molecule has 1 rings (SSSR count). The fourth-order valence-corrected chi connectivity index (χ4v) is 2.96. The molecule has 0 aromatic heterocycles. The minimum absolute atomic E-state index is 0.0145. The molecule has 20 heavy (non-hydrogen) atoms. The number of ether oxygens (including phenoxy) is 2. The summed E-state index contributed by atoms with van der Waals surface area (Å²) >= 11 is 5.99. The predicted octanol–water partition coefficient (Wildman–Crippen LogP) is 1.71. The van der Waals surface area contributed by atoms with E-state index in [1.165, 1.54) is 26.4 Å². The smallest absolute Gasteiger partial charge is 0.232 e. The van der Waals surface area contributed by atoms with Gasteiger partial charge in [-0.3, -0.25) is 4.72 Å². The minimum atomic E-state index is -3.45. The van der Waals surface area contributed by atoms with E-state index >= 15 is 0 Å². The Morgan fingerprint density at radius 2 is 1.85 bits per heavy atom. The summed E-state index contributed by atoms with van der Waals surface area (Å²) in [5, 5.41) is 3.20. The quantitative estimate of drug-likeness (QED) is 0.713. The summed E-state index contributed by atoms with van der Waals surface area (Å²) in [6.45, 7) is 0.626. The Kier molecular flexibility index (Phi) is 6.38. The first-order valence-electron chi connectivity index (χ1n) is 6.00. The van der Waals surface area contributed by atoms with Crippen molar-refractivity contribution in [2.24, 2.45) is 0 Å². The maximum atomic E-state index is 11.9. The Labute approximate surface area is 124 Å². The number of rotatable bonds is 8. The molecule has 0 fully saturated rings. The Balaban J connectivity index is 2.93. The summed E-state index contributed by atoms with van der Waals surface area (Å²) < 4.78 is 36.5. The summed E-state index contributed by atoms with van der Waals surface area (Å²) in [5.41, 5.74) is 0.294. The van der Waals surface area contributed by atoms with Gasteiger partial charge in [0.1, 0.15) is 11.5 Å². The van der Waals surface area contributed by atoms with Crippen LogP contribution in [0.3, 0.4) is 0 Å². The lowest BCUT2D eigenvalue weighted by molar-refractivity contribution is 0.396. The van der Waals surface area contributed by atoms with Gasteiger partial charge in [0, 0.05) is 6.07 Å². The maximum Gasteiger partial charge on any atom is 0.232 e. The van der Waals surface area contributed by atoms with E-state index in [9.17, 15) is 8.42 Å². The number of benzene rings is 1. The second kappa shape index (κ2) is 7.56. The molecule has 0 spiro atoms. The van der Waals surface area contributed by atoms with E-state index in [0.29, 0.717) is 35.2 Å². The standard InChI is InChI=1S/C12H19ClN2O4S/c1-14-5-4-6-20(16,17)15-10-7-9(13)11(18-2)8-12(10)19-3/h7-8,14-15H,4-6H2,1-3H3. The molecule has 0 aliphatic carbocycles. The summed E-state index contributed by atoms with van der Waals surface area (Å²) in [4.78, 5) is 0. The van der Waals surface area contributed by atoms with Crippen LogP contribution in [0.5, 0.6) is 11.5 Å². The molecular weight excluding hydrogens is 304 g/mol. The Morgan fingerprint density at radius 1 is 1.20 bits per heavy atom. The molecule has 0 atom stereocenters. The van der Waals surface area contributed by atoms with Crippen molar-refractivity contribution in [1.29, 1.82) is 0 Å². The Morgan fingerprint density at radius 3 is 2.40 bits per heavy atom. The van der Waals surface area contributed by atoms with Crippen molar-refractivity contribution >= 4 is 27.3 Å². The highest BCUT2D eigenvalue weighted by molar-refractivity contribution is 7.92. The van der Waals surface area contributed by atoms with Crippen LogP contribution in [-0.4, -0.2) is 42.0 Å². The first kappa shape index (κ1) is 16.9. The molecule has 0 heterocycles. The van der Waals surface area contributed by atoms with Crippen molar-refractivity contribution in [3.8, 4) is 11.5 Å². The van der Waals surface area contributed by atoms with Crippen LogP contribution in [0.4, 0.5) is 5.69 Å². The first-order valence-corrected chi connectivity index (χ1v) is 8.03. The monoisotopic (exact) mass is 322 g/mol. The molecule has 8 heteroatoms. The number of halogens is 1. The van der Waals surface area contributed by atoms with Crippen LogP contribution in [0.2, 0.25) is 5.02 Å². The zero-order valence-corrected chi connectivity index (χ0v) is 13.3. The van der Waals surface area contributed by atoms with E-state index in [4.69, 9.17) is 21.1 Å². The van der Waals surface area contributed by atoms with Gasteiger partial charge < -0.3 is 14.8 Å². The number of hydrogen-bond donors (Lipinski definition) is 2. The predicted molar refractivity (Wildman–Crippen MR) is 80.5 cm³/mol. The summed E-state index contributed by atoms with van der Waals surface area (Å²) in [6, 6.07) is 3.00. The summed E-state index contributed by atoms with van der Waals surface area (Å²) in [7, 11) is 1.25. The molecule has 0 aliphatic rings. The van der Waals surface area contributed by atoms with Gasteiger partial charge in [0.05, 0.1) is 30.7 Å². The molecule has 0 bridgehead atoms. The molecule has 0 aliphatic heterocycles. The van der Waals surface area contributed by atoms with Crippen molar-refractivity contribution in [1.82, 2.24) is 5.32 Å². The van der Waals surface area contributed by atoms with E-state index in [-0.39, 0.29) is 5.75 Å². The summed E-state index contributed by atoms with van der Waals surface area (Å²) in [6.07, 6.45) is 0.512. The fraction of sp³-hybridized carbons (Fsp3) is 0.500. The molecule has 6 nitrogen and oxygen atoms in total. The Bertz CT molecular complexity index is 549. The van der Waals surface area contributed by atoms with Crippen molar-refractivity contribution < 1.29 is 17.9 Å². The zero-order valence-electron chi connectivity index (χ0n) is 11.7. The van der Waals surface area contributed by atoms with Gasteiger partial charge in [-0.25, -0.2) is 8.42 Å². The highest BCUT2D eigenvalue weighted by Crippen LogP contribution is 2.36. The molecule has 0 amide bonds.